The minimum absolute atomic E-state index is 0.0503. The number of nitrogens with zero attached hydrogens (tertiary/aromatic N) is 1. The first-order chi connectivity index (χ1) is 8.88. The van der Waals surface area contributed by atoms with E-state index >= 15 is 0 Å². The lowest BCUT2D eigenvalue weighted by Crippen LogP contribution is -2.47. The van der Waals surface area contributed by atoms with Crippen LogP contribution in [0.1, 0.15) is 20.3 Å². The lowest BCUT2D eigenvalue weighted by molar-refractivity contribution is -0.152. The molecule has 0 bridgehead atoms. The van der Waals surface area contributed by atoms with Gasteiger partial charge in [0.15, 0.2) is 11.2 Å². The van der Waals surface area contributed by atoms with Crippen molar-refractivity contribution in [2.75, 3.05) is 19.4 Å². The van der Waals surface area contributed by atoms with Gasteiger partial charge >= 0.3 is 5.97 Å². The summed E-state index contributed by atoms with van der Waals surface area (Å²) in [4.78, 5) is 35.7. The molecule has 3 atom stereocenters. The van der Waals surface area contributed by atoms with E-state index in [-0.39, 0.29) is 16.9 Å². The molecule has 1 heterocycles. The molecule has 0 aromatic carbocycles. The van der Waals surface area contributed by atoms with Gasteiger partial charge in [0.05, 0.1) is 6.10 Å². The standard InChI is InChI=1S/C12H19NO5S/c1-7(6-19-8(2)14)11(15)13-5-4-9(18-3)10(13)12(16)17/h7,9-10H,4-6H2,1-3H3,(H,16,17)/t7?,9?,10-/m0/s1. The van der Waals surface area contributed by atoms with E-state index in [1.807, 2.05) is 0 Å². The summed E-state index contributed by atoms with van der Waals surface area (Å²) in [6.45, 7) is 3.53. The van der Waals surface area contributed by atoms with Crippen LogP contribution in [0.2, 0.25) is 0 Å². The maximum absolute atomic E-state index is 12.2. The van der Waals surface area contributed by atoms with E-state index in [0.717, 1.165) is 11.8 Å². The second-order valence-electron chi connectivity index (χ2n) is 4.58. The van der Waals surface area contributed by atoms with E-state index in [1.165, 1.54) is 18.9 Å². The molecule has 1 saturated heterocycles. The van der Waals surface area contributed by atoms with E-state index in [0.29, 0.717) is 18.7 Å². The molecular weight excluding hydrogens is 270 g/mol. The van der Waals surface area contributed by atoms with Crippen LogP contribution in [0.15, 0.2) is 0 Å². The van der Waals surface area contributed by atoms with Gasteiger partial charge in [-0.2, -0.15) is 0 Å². The number of amides is 1. The minimum Gasteiger partial charge on any atom is -0.480 e. The van der Waals surface area contributed by atoms with Gasteiger partial charge in [-0.1, -0.05) is 18.7 Å². The van der Waals surface area contributed by atoms with Gasteiger partial charge in [0.2, 0.25) is 5.91 Å². The zero-order valence-electron chi connectivity index (χ0n) is 11.3. The Morgan fingerprint density at radius 1 is 1.47 bits per heavy atom. The fourth-order valence-corrected chi connectivity index (χ4v) is 2.77. The van der Waals surface area contributed by atoms with Crippen molar-refractivity contribution in [3.63, 3.8) is 0 Å². The summed E-state index contributed by atoms with van der Waals surface area (Å²) in [6, 6.07) is -0.928. The first-order valence-corrected chi connectivity index (χ1v) is 7.06. The number of likely N-dealkylation sites (tertiary alicyclic amines) is 1. The predicted molar refractivity (Wildman–Crippen MR) is 70.9 cm³/mol. The summed E-state index contributed by atoms with van der Waals surface area (Å²) in [5.74, 6) is -1.30. The first-order valence-electron chi connectivity index (χ1n) is 6.08. The molecule has 108 valence electrons. The number of carbonyl (C=O) groups excluding carboxylic acids is 2. The van der Waals surface area contributed by atoms with E-state index in [4.69, 9.17) is 4.74 Å². The molecule has 1 aliphatic rings. The summed E-state index contributed by atoms with van der Waals surface area (Å²) in [7, 11) is 1.45. The summed E-state index contributed by atoms with van der Waals surface area (Å²) in [5, 5.41) is 9.15. The maximum Gasteiger partial charge on any atom is 0.329 e. The highest BCUT2D eigenvalue weighted by Crippen LogP contribution is 2.24. The van der Waals surface area contributed by atoms with Gasteiger partial charge < -0.3 is 14.7 Å². The number of rotatable bonds is 5. The van der Waals surface area contributed by atoms with Crippen LogP contribution in [-0.2, 0) is 19.1 Å². The van der Waals surface area contributed by atoms with Crippen LogP contribution in [0.4, 0.5) is 0 Å². The van der Waals surface area contributed by atoms with Crippen LogP contribution in [-0.4, -0.2) is 58.6 Å². The fraction of sp³-hybridized carbons (Fsp3) is 0.750. The average Bonchev–Trinajstić information content (AvgIpc) is 2.78. The molecule has 6 nitrogen and oxygen atoms in total. The molecule has 19 heavy (non-hydrogen) atoms. The Balaban J connectivity index is 2.69. The number of methoxy groups -OCH3 is 1. The number of carboxylic acid groups (broad SMARTS) is 1. The Labute approximate surface area is 116 Å². The van der Waals surface area contributed by atoms with Crippen molar-refractivity contribution in [2.24, 2.45) is 5.92 Å². The van der Waals surface area contributed by atoms with Crippen LogP contribution >= 0.6 is 11.8 Å². The first kappa shape index (κ1) is 16.0. The zero-order chi connectivity index (χ0) is 14.6. The van der Waals surface area contributed by atoms with Gasteiger partial charge in [0.1, 0.15) is 0 Å². The molecule has 0 aromatic heterocycles. The van der Waals surface area contributed by atoms with E-state index in [1.54, 1.807) is 6.92 Å². The van der Waals surface area contributed by atoms with Crippen LogP contribution in [0, 0.1) is 5.92 Å². The summed E-state index contributed by atoms with van der Waals surface area (Å²) < 4.78 is 5.11. The van der Waals surface area contributed by atoms with Gasteiger partial charge in [0, 0.05) is 32.2 Å². The third kappa shape index (κ3) is 3.94. The molecule has 1 aliphatic heterocycles. The monoisotopic (exact) mass is 289 g/mol. The van der Waals surface area contributed by atoms with Gasteiger partial charge in [-0.15, -0.1) is 0 Å². The number of carbonyl (C=O) groups is 3. The zero-order valence-corrected chi connectivity index (χ0v) is 12.1. The Bertz CT molecular complexity index is 373. The Morgan fingerprint density at radius 3 is 2.58 bits per heavy atom. The average molecular weight is 289 g/mol. The molecule has 0 radical (unpaired) electrons. The maximum atomic E-state index is 12.2. The van der Waals surface area contributed by atoms with Gasteiger partial charge in [-0.25, -0.2) is 4.79 Å². The fourth-order valence-electron chi connectivity index (χ4n) is 2.15. The highest BCUT2D eigenvalue weighted by molar-refractivity contribution is 8.13. The molecule has 0 saturated carbocycles. The Kier molecular flexibility index (Phi) is 5.81. The molecule has 0 aliphatic carbocycles. The van der Waals surface area contributed by atoms with Crippen molar-refractivity contribution in [1.29, 1.82) is 0 Å². The number of ether oxygens (including phenoxy) is 1. The van der Waals surface area contributed by atoms with Crippen molar-refractivity contribution < 1.29 is 24.2 Å². The second kappa shape index (κ2) is 6.91. The predicted octanol–water partition coefficient (Wildman–Crippen LogP) is 0.603. The second-order valence-corrected chi connectivity index (χ2v) is 5.78. The van der Waals surface area contributed by atoms with Crippen molar-refractivity contribution in [3.8, 4) is 0 Å². The van der Waals surface area contributed by atoms with Crippen LogP contribution < -0.4 is 0 Å². The molecule has 2 unspecified atom stereocenters. The number of hydrogen-bond acceptors (Lipinski definition) is 5. The minimum atomic E-state index is -1.05. The SMILES string of the molecule is COC1CCN(C(=O)C(C)CSC(C)=O)[C@@H]1C(=O)O. The highest BCUT2D eigenvalue weighted by atomic mass is 32.2. The number of hydrogen-bond donors (Lipinski definition) is 1. The Morgan fingerprint density at radius 2 is 2.11 bits per heavy atom. The number of thioether (sulfide) groups is 1. The largest absolute Gasteiger partial charge is 0.480 e. The molecule has 1 fully saturated rings. The summed E-state index contributed by atoms with van der Waals surface area (Å²) in [5.41, 5.74) is 0. The van der Waals surface area contributed by atoms with Crippen molar-refractivity contribution in [2.45, 2.75) is 32.4 Å². The van der Waals surface area contributed by atoms with Crippen LogP contribution in [0.3, 0.4) is 0 Å². The van der Waals surface area contributed by atoms with Crippen molar-refractivity contribution >= 4 is 28.8 Å². The summed E-state index contributed by atoms with van der Waals surface area (Å²) in [6.07, 6.45) is 0.0558. The lowest BCUT2D eigenvalue weighted by Gasteiger charge is -2.26. The van der Waals surface area contributed by atoms with Gasteiger partial charge in [0.25, 0.3) is 0 Å². The van der Waals surface area contributed by atoms with Crippen molar-refractivity contribution in [1.82, 2.24) is 4.90 Å². The molecule has 1 rings (SSSR count). The smallest absolute Gasteiger partial charge is 0.329 e. The molecule has 0 spiro atoms. The number of carboxylic acids is 1. The quantitative estimate of drug-likeness (QED) is 0.798. The summed E-state index contributed by atoms with van der Waals surface area (Å²) >= 11 is 1.08. The number of aliphatic carboxylic acids is 1. The molecule has 1 N–H and O–H groups in total. The topological polar surface area (TPSA) is 83.9 Å². The third-order valence-electron chi connectivity index (χ3n) is 3.14. The van der Waals surface area contributed by atoms with Crippen LogP contribution in [0.25, 0.3) is 0 Å². The molecular formula is C12H19NO5S. The Hall–Kier alpha value is -1.08. The van der Waals surface area contributed by atoms with Crippen molar-refractivity contribution in [3.05, 3.63) is 0 Å². The molecule has 1 amide bonds. The normalized spacial score (nSPS) is 24.3. The van der Waals surface area contributed by atoms with Gasteiger partial charge in [-0.3, -0.25) is 9.59 Å². The van der Waals surface area contributed by atoms with Gasteiger partial charge in [-0.05, 0) is 6.42 Å². The molecule has 7 heteroatoms. The van der Waals surface area contributed by atoms with E-state index in [2.05, 4.69) is 0 Å². The third-order valence-corrected chi connectivity index (χ3v) is 4.21. The van der Waals surface area contributed by atoms with E-state index < -0.39 is 18.1 Å². The highest BCUT2D eigenvalue weighted by Gasteiger charge is 2.43. The lowest BCUT2D eigenvalue weighted by atomic mass is 10.1. The van der Waals surface area contributed by atoms with Crippen LogP contribution in [0.5, 0.6) is 0 Å². The molecule has 0 aromatic rings. The van der Waals surface area contributed by atoms with E-state index in [9.17, 15) is 19.5 Å².